The molecule has 0 fully saturated rings. The Labute approximate surface area is 131 Å². The quantitative estimate of drug-likeness (QED) is 0.801. The molecule has 0 bridgehead atoms. The molecule has 0 saturated carbocycles. The summed E-state index contributed by atoms with van der Waals surface area (Å²) in [5.74, 6) is 0.493. The molecule has 0 radical (unpaired) electrons. The minimum atomic E-state index is -0.161. The van der Waals surface area contributed by atoms with Crippen LogP contribution >= 0.6 is 11.6 Å². The van der Waals surface area contributed by atoms with Gasteiger partial charge < -0.3 is 15.0 Å². The fraction of sp³-hybridized carbons (Fsp3) is 0.600. The van der Waals surface area contributed by atoms with Gasteiger partial charge in [-0.1, -0.05) is 18.5 Å². The normalized spacial score (nSPS) is 12.0. The van der Waals surface area contributed by atoms with Crippen LogP contribution in [0.5, 0.6) is 0 Å². The zero-order chi connectivity index (χ0) is 15.8. The lowest BCUT2D eigenvalue weighted by Crippen LogP contribution is -2.41. The number of hydrogen-bond donors (Lipinski definition) is 1. The van der Waals surface area contributed by atoms with Gasteiger partial charge in [-0.15, -0.1) is 0 Å². The van der Waals surface area contributed by atoms with E-state index in [-0.39, 0.29) is 17.6 Å². The fourth-order valence-electron chi connectivity index (χ4n) is 1.94. The van der Waals surface area contributed by atoms with Gasteiger partial charge in [0.1, 0.15) is 11.5 Å². The Hall–Kier alpha value is -1.33. The number of hydrogen-bond acceptors (Lipinski definition) is 4. The number of rotatable bonds is 8. The maximum atomic E-state index is 12.7. The van der Waals surface area contributed by atoms with Crippen LogP contribution < -0.4 is 5.32 Å². The second kappa shape index (κ2) is 8.85. The van der Waals surface area contributed by atoms with Gasteiger partial charge in [0.25, 0.3) is 5.91 Å². The number of carbonyl (C=O) groups excluding carboxylic acids is 1. The molecule has 118 valence electrons. The summed E-state index contributed by atoms with van der Waals surface area (Å²) >= 11 is 6.15. The van der Waals surface area contributed by atoms with E-state index < -0.39 is 0 Å². The first kappa shape index (κ1) is 17.7. The van der Waals surface area contributed by atoms with Crippen LogP contribution in [0.15, 0.2) is 12.1 Å². The van der Waals surface area contributed by atoms with Crippen LogP contribution in [0.1, 0.15) is 37.7 Å². The Kier molecular flexibility index (Phi) is 7.47. The molecule has 1 unspecified atom stereocenters. The number of methoxy groups -OCH3 is 1. The Bertz CT molecular complexity index is 468. The van der Waals surface area contributed by atoms with Crippen molar-refractivity contribution in [2.75, 3.05) is 32.1 Å². The number of nitrogens with one attached hydrogen (secondary N) is 1. The highest BCUT2D eigenvalue weighted by atomic mass is 35.5. The van der Waals surface area contributed by atoms with E-state index in [2.05, 4.69) is 10.3 Å². The van der Waals surface area contributed by atoms with Crippen LogP contribution in [0, 0.1) is 0 Å². The maximum Gasteiger partial charge on any atom is 0.274 e. The highest BCUT2D eigenvalue weighted by Crippen LogP contribution is 2.20. The molecule has 0 aliphatic heterocycles. The highest BCUT2D eigenvalue weighted by Gasteiger charge is 2.23. The average molecular weight is 314 g/mol. The summed E-state index contributed by atoms with van der Waals surface area (Å²) in [6.45, 7) is 7.77. The van der Waals surface area contributed by atoms with E-state index in [0.717, 1.165) is 13.0 Å². The molecule has 0 aliphatic rings. The average Bonchev–Trinajstić information content (AvgIpc) is 2.49. The standard InChI is InChI=1S/C15H24ClN3O2/c1-5-11(3)19(9-10-21-4)15(20)14-12(16)7-8-13(18-14)17-6-2/h7-8,11H,5-6,9-10H2,1-4H3,(H,17,18). The van der Waals surface area contributed by atoms with Crippen LogP contribution in [0.25, 0.3) is 0 Å². The van der Waals surface area contributed by atoms with Gasteiger partial charge in [0.2, 0.25) is 0 Å². The molecule has 1 aromatic heterocycles. The molecule has 1 heterocycles. The van der Waals surface area contributed by atoms with Gasteiger partial charge in [0.05, 0.1) is 11.6 Å². The summed E-state index contributed by atoms with van der Waals surface area (Å²) in [4.78, 5) is 18.8. The van der Waals surface area contributed by atoms with Crippen LogP contribution in [0.4, 0.5) is 5.82 Å². The van der Waals surface area contributed by atoms with Gasteiger partial charge in [0.15, 0.2) is 0 Å². The second-order valence-electron chi connectivity index (χ2n) is 4.81. The minimum absolute atomic E-state index is 0.105. The van der Waals surface area contributed by atoms with Crippen molar-refractivity contribution in [2.45, 2.75) is 33.2 Å². The number of anilines is 1. The minimum Gasteiger partial charge on any atom is -0.383 e. The highest BCUT2D eigenvalue weighted by molar-refractivity contribution is 6.33. The molecule has 5 nitrogen and oxygen atoms in total. The summed E-state index contributed by atoms with van der Waals surface area (Å²) in [5.41, 5.74) is 0.284. The third-order valence-electron chi connectivity index (χ3n) is 3.33. The zero-order valence-electron chi connectivity index (χ0n) is 13.1. The number of amides is 1. The van der Waals surface area contributed by atoms with Gasteiger partial charge in [-0.2, -0.15) is 0 Å². The monoisotopic (exact) mass is 313 g/mol. The molecule has 1 aromatic rings. The third-order valence-corrected chi connectivity index (χ3v) is 3.63. The molecule has 21 heavy (non-hydrogen) atoms. The first-order chi connectivity index (χ1) is 10.0. The van der Waals surface area contributed by atoms with Crippen molar-refractivity contribution < 1.29 is 9.53 Å². The van der Waals surface area contributed by atoms with E-state index >= 15 is 0 Å². The molecule has 6 heteroatoms. The smallest absolute Gasteiger partial charge is 0.274 e. The van der Waals surface area contributed by atoms with Crippen molar-refractivity contribution in [3.05, 3.63) is 22.8 Å². The SMILES string of the molecule is CCNc1ccc(Cl)c(C(=O)N(CCOC)C(C)CC)n1. The topological polar surface area (TPSA) is 54.5 Å². The van der Waals surface area contributed by atoms with Gasteiger partial charge in [-0.05, 0) is 32.4 Å². The molecule has 1 rings (SSSR count). The van der Waals surface area contributed by atoms with Gasteiger partial charge in [-0.3, -0.25) is 4.79 Å². The van der Waals surface area contributed by atoms with Crippen molar-refractivity contribution in [1.29, 1.82) is 0 Å². The van der Waals surface area contributed by atoms with Crippen molar-refractivity contribution in [2.24, 2.45) is 0 Å². The van der Waals surface area contributed by atoms with E-state index in [9.17, 15) is 4.79 Å². The van der Waals surface area contributed by atoms with Crippen molar-refractivity contribution in [3.8, 4) is 0 Å². The predicted octanol–water partition coefficient (Wildman–Crippen LogP) is 3.05. The van der Waals surface area contributed by atoms with Crippen LogP contribution in [-0.4, -0.2) is 48.6 Å². The summed E-state index contributed by atoms with van der Waals surface area (Å²) in [6.07, 6.45) is 0.861. The van der Waals surface area contributed by atoms with Gasteiger partial charge in [-0.25, -0.2) is 4.98 Å². The maximum absolute atomic E-state index is 12.7. The van der Waals surface area contributed by atoms with Gasteiger partial charge >= 0.3 is 0 Å². The summed E-state index contributed by atoms with van der Waals surface area (Å²) in [5, 5.41) is 3.46. The number of aromatic nitrogens is 1. The lowest BCUT2D eigenvalue weighted by atomic mass is 10.2. The first-order valence-corrected chi connectivity index (χ1v) is 7.63. The van der Waals surface area contributed by atoms with Crippen LogP contribution in [-0.2, 0) is 4.74 Å². The number of carbonyl (C=O) groups is 1. The Morgan fingerprint density at radius 2 is 2.19 bits per heavy atom. The Morgan fingerprint density at radius 1 is 1.48 bits per heavy atom. The number of pyridine rings is 1. The molecule has 1 N–H and O–H groups in total. The Balaban J connectivity index is 3.04. The number of ether oxygens (including phenoxy) is 1. The van der Waals surface area contributed by atoms with Gasteiger partial charge in [0, 0.05) is 26.2 Å². The fourth-order valence-corrected chi connectivity index (χ4v) is 2.13. The summed E-state index contributed by atoms with van der Waals surface area (Å²) < 4.78 is 5.09. The number of halogens is 1. The van der Waals surface area contributed by atoms with Crippen molar-refractivity contribution >= 4 is 23.3 Å². The molecular weight excluding hydrogens is 290 g/mol. The molecule has 0 spiro atoms. The molecule has 1 amide bonds. The lowest BCUT2D eigenvalue weighted by molar-refractivity contribution is 0.0608. The largest absolute Gasteiger partial charge is 0.383 e. The molecule has 0 saturated heterocycles. The van der Waals surface area contributed by atoms with Crippen molar-refractivity contribution in [1.82, 2.24) is 9.88 Å². The first-order valence-electron chi connectivity index (χ1n) is 7.25. The van der Waals surface area contributed by atoms with Crippen LogP contribution in [0.2, 0.25) is 5.02 Å². The molecule has 0 aliphatic carbocycles. The third kappa shape index (κ3) is 4.86. The lowest BCUT2D eigenvalue weighted by Gasteiger charge is -2.28. The number of nitrogens with zero attached hydrogens (tertiary/aromatic N) is 2. The van der Waals surface area contributed by atoms with E-state index in [0.29, 0.717) is 24.0 Å². The summed E-state index contributed by atoms with van der Waals surface area (Å²) in [6, 6.07) is 3.57. The Morgan fingerprint density at radius 3 is 2.76 bits per heavy atom. The summed E-state index contributed by atoms with van der Waals surface area (Å²) in [7, 11) is 1.62. The molecule has 0 aromatic carbocycles. The van der Waals surface area contributed by atoms with Crippen molar-refractivity contribution in [3.63, 3.8) is 0 Å². The predicted molar refractivity (Wildman–Crippen MR) is 86.1 cm³/mol. The van der Waals surface area contributed by atoms with E-state index in [1.54, 1.807) is 24.1 Å². The second-order valence-corrected chi connectivity index (χ2v) is 5.21. The zero-order valence-corrected chi connectivity index (χ0v) is 13.9. The molecular formula is C15H24ClN3O2. The molecule has 1 atom stereocenters. The van der Waals surface area contributed by atoms with E-state index in [1.807, 2.05) is 20.8 Å². The van der Waals surface area contributed by atoms with E-state index in [1.165, 1.54) is 0 Å². The van der Waals surface area contributed by atoms with E-state index in [4.69, 9.17) is 16.3 Å². The van der Waals surface area contributed by atoms with Crippen LogP contribution in [0.3, 0.4) is 0 Å².